The molecule has 1 aromatic carbocycles. The first kappa shape index (κ1) is 15.5. The summed E-state index contributed by atoms with van der Waals surface area (Å²) in [4.78, 5) is 26.4. The highest BCUT2D eigenvalue weighted by Crippen LogP contribution is 2.30. The van der Waals surface area contributed by atoms with Gasteiger partial charge in [0.05, 0.1) is 5.54 Å². The number of carbonyl (C=O) groups is 1. The minimum atomic E-state index is -0.405. The van der Waals surface area contributed by atoms with Crippen LogP contribution < -0.4 is 16.2 Å². The third kappa shape index (κ3) is 3.51. The normalized spacial score (nSPS) is 21.0. The number of benzene rings is 1. The van der Waals surface area contributed by atoms with E-state index >= 15 is 0 Å². The molecule has 2 heterocycles. The van der Waals surface area contributed by atoms with Crippen molar-refractivity contribution in [1.82, 2.24) is 15.6 Å². The van der Waals surface area contributed by atoms with Crippen molar-refractivity contribution in [2.45, 2.75) is 31.3 Å². The summed E-state index contributed by atoms with van der Waals surface area (Å²) in [6.45, 7) is 1.07. The Morgan fingerprint density at radius 1 is 1.09 bits per heavy atom. The summed E-state index contributed by atoms with van der Waals surface area (Å²) in [7, 11) is 0. The Hall–Kier alpha value is -2.40. The van der Waals surface area contributed by atoms with Crippen molar-refractivity contribution in [3.63, 3.8) is 0 Å². The third-order valence-electron chi connectivity index (χ3n) is 4.35. The molecule has 1 aliphatic rings. The number of hydrogen-bond donors (Lipinski definition) is 3. The average molecular weight is 311 g/mol. The smallest absolute Gasteiger partial charge is 0.252 e. The molecule has 3 rings (SSSR count). The van der Waals surface area contributed by atoms with Crippen molar-refractivity contribution in [3.05, 3.63) is 70.1 Å². The standard InChI is InChI=1S/C18H21N3O2/c22-16-9-4-10-18(21-16,15-7-2-1-3-8-15)13-19-12-14-6-5-11-20-17(14)23/h1-3,5-8,11,19H,4,9-10,12-13H2,(H,20,23)(H,21,22). The van der Waals surface area contributed by atoms with Crippen LogP contribution in [0, 0.1) is 0 Å². The van der Waals surface area contributed by atoms with Crippen molar-refractivity contribution in [1.29, 1.82) is 0 Å². The number of amides is 1. The fourth-order valence-corrected chi connectivity index (χ4v) is 3.16. The molecule has 0 bridgehead atoms. The van der Waals surface area contributed by atoms with Gasteiger partial charge in [0, 0.05) is 31.3 Å². The van der Waals surface area contributed by atoms with E-state index in [1.165, 1.54) is 0 Å². The summed E-state index contributed by atoms with van der Waals surface area (Å²) in [5, 5.41) is 6.50. The highest BCUT2D eigenvalue weighted by atomic mass is 16.1. The summed E-state index contributed by atoms with van der Waals surface area (Å²) >= 11 is 0. The SMILES string of the molecule is O=C1CCCC(CNCc2ccc[nH]c2=O)(c2ccccc2)N1. The molecular formula is C18H21N3O2. The number of aromatic nitrogens is 1. The van der Waals surface area contributed by atoms with E-state index in [-0.39, 0.29) is 11.5 Å². The van der Waals surface area contributed by atoms with E-state index in [1.807, 2.05) is 36.4 Å². The molecule has 1 saturated heterocycles. The van der Waals surface area contributed by atoms with E-state index in [2.05, 4.69) is 15.6 Å². The zero-order chi connectivity index (χ0) is 16.1. The van der Waals surface area contributed by atoms with Gasteiger partial charge in [-0.1, -0.05) is 36.4 Å². The molecule has 0 spiro atoms. The predicted molar refractivity (Wildman–Crippen MR) is 88.9 cm³/mol. The maximum atomic E-state index is 11.9. The summed E-state index contributed by atoms with van der Waals surface area (Å²) in [6, 6.07) is 13.7. The van der Waals surface area contributed by atoms with Crippen LogP contribution in [0.3, 0.4) is 0 Å². The molecule has 120 valence electrons. The van der Waals surface area contributed by atoms with Crippen LogP contribution in [0.4, 0.5) is 0 Å². The lowest BCUT2D eigenvalue weighted by Crippen LogP contribution is -2.54. The monoisotopic (exact) mass is 311 g/mol. The van der Waals surface area contributed by atoms with Gasteiger partial charge in [-0.15, -0.1) is 0 Å². The fourth-order valence-electron chi connectivity index (χ4n) is 3.16. The van der Waals surface area contributed by atoms with Crippen LogP contribution in [0.25, 0.3) is 0 Å². The van der Waals surface area contributed by atoms with Gasteiger partial charge in [-0.3, -0.25) is 9.59 Å². The van der Waals surface area contributed by atoms with Crippen molar-refractivity contribution in [2.24, 2.45) is 0 Å². The molecule has 1 aromatic heterocycles. The molecule has 1 aliphatic heterocycles. The van der Waals surface area contributed by atoms with E-state index in [9.17, 15) is 9.59 Å². The van der Waals surface area contributed by atoms with Gasteiger partial charge in [-0.25, -0.2) is 0 Å². The number of hydrogen-bond acceptors (Lipinski definition) is 3. The molecule has 1 unspecified atom stereocenters. The lowest BCUT2D eigenvalue weighted by Gasteiger charge is -2.39. The largest absolute Gasteiger partial charge is 0.345 e. The highest BCUT2D eigenvalue weighted by Gasteiger charge is 2.36. The lowest BCUT2D eigenvalue weighted by molar-refractivity contribution is -0.125. The number of carbonyl (C=O) groups excluding carboxylic acids is 1. The van der Waals surface area contributed by atoms with Crippen LogP contribution in [0.1, 0.15) is 30.4 Å². The second-order valence-electron chi connectivity index (χ2n) is 5.98. The van der Waals surface area contributed by atoms with Crippen LogP contribution in [0.5, 0.6) is 0 Å². The second-order valence-corrected chi connectivity index (χ2v) is 5.98. The van der Waals surface area contributed by atoms with Gasteiger partial charge < -0.3 is 15.6 Å². The Balaban J connectivity index is 1.76. The van der Waals surface area contributed by atoms with Gasteiger partial charge in [0.1, 0.15) is 0 Å². The number of piperidine rings is 1. The Labute approximate surface area is 135 Å². The van der Waals surface area contributed by atoms with E-state index in [4.69, 9.17) is 0 Å². The van der Waals surface area contributed by atoms with E-state index in [1.54, 1.807) is 12.3 Å². The van der Waals surface area contributed by atoms with Crippen molar-refractivity contribution < 1.29 is 4.79 Å². The first-order valence-corrected chi connectivity index (χ1v) is 7.93. The first-order valence-electron chi connectivity index (χ1n) is 7.93. The molecule has 2 aromatic rings. The predicted octanol–water partition coefficient (Wildman–Crippen LogP) is 1.66. The number of nitrogens with one attached hydrogen (secondary N) is 3. The van der Waals surface area contributed by atoms with Gasteiger partial charge in [0.2, 0.25) is 5.91 Å². The zero-order valence-electron chi connectivity index (χ0n) is 13.0. The quantitative estimate of drug-likeness (QED) is 0.786. The molecular weight excluding hydrogens is 290 g/mol. The fraction of sp³-hybridized carbons (Fsp3) is 0.333. The number of rotatable bonds is 5. The molecule has 1 fully saturated rings. The van der Waals surface area contributed by atoms with Gasteiger partial charge in [-0.05, 0) is 24.5 Å². The topological polar surface area (TPSA) is 74.0 Å². The van der Waals surface area contributed by atoms with E-state index in [0.29, 0.717) is 25.1 Å². The van der Waals surface area contributed by atoms with Gasteiger partial charge in [0.25, 0.3) is 5.56 Å². The molecule has 3 N–H and O–H groups in total. The van der Waals surface area contributed by atoms with Crippen LogP contribution in [0.15, 0.2) is 53.5 Å². The van der Waals surface area contributed by atoms with Crippen molar-refractivity contribution in [2.75, 3.05) is 6.54 Å². The van der Waals surface area contributed by atoms with Crippen molar-refractivity contribution in [3.8, 4) is 0 Å². The minimum Gasteiger partial charge on any atom is -0.345 e. The lowest BCUT2D eigenvalue weighted by atomic mass is 9.82. The minimum absolute atomic E-state index is 0.0820. The van der Waals surface area contributed by atoms with E-state index in [0.717, 1.165) is 18.4 Å². The van der Waals surface area contributed by atoms with Crippen LogP contribution in [-0.4, -0.2) is 17.4 Å². The Bertz CT molecular complexity index is 726. The molecule has 1 amide bonds. The third-order valence-corrected chi connectivity index (χ3v) is 4.35. The van der Waals surface area contributed by atoms with E-state index < -0.39 is 5.54 Å². The Kier molecular flexibility index (Phi) is 4.57. The number of H-pyrrole nitrogens is 1. The summed E-state index contributed by atoms with van der Waals surface area (Å²) in [5.41, 5.74) is 1.31. The first-order chi connectivity index (χ1) is 11.2. The molecule has 5 heteroatoms. The number of pyridine rings is 1. The van der Waals surface area contributed by atoms with Crippen molar-refractivity contribution >= 4 is 5.91 Å². The number of aromatic amines is 1. The summed E-state index contributed by atoms with van der Waals surface area (Å²) < 4.78 is 0. The maximum absolute atomic E-state index is 11.9. The summed E-state index contributed by atoms with van der Waals surface area (Å²) in [6.07, 6.45) is 3.96. The van der Waals surface area contributed by atoms with Crippen LogP contribution in [0.2, 0.25) is 0 Å². The summed E-state index contributed by atoms with van der Waals surface area (Å²) in [5.74, 6) is 0.0828. The van der Waals surface area contributed by atoms with Crippen LogP contribution >= 0.6 is 0 Å². The Morgan fingerprint density at radius 2 is 1.91 bits per heavy atom. The Morgan fingerprint density at radius 3 is 2.65 bits per heavy atom. The van der Waals surface area contributed by atoms with Gasteiger partial charge in [-0.2, -0.15) is 0 Å². The maximum Gasteiger partial charge on any atom is 0.252 e. The second kappa shape index (κ2) is 6.79. The van der Waals surface area contributed by atoms with Crippen LogP contribution in [-0.2, 0) is 16.9 Å². The molecule has 0 aliphatic carbocycles. The molecule has 1 atom stereocenters. The molecule has 0 radical (unpaired) electrons. The highest BCUT2D eigenvalue weighted by molar-refractivity contribution is 5.78. The van der Waals surface area contributed by atoms with Gasteiger partial charge >= 0.3 is 0 Å². The molecule has 0 saturated carbocycles. The average Bonchev–Trinajstić information content (AvgIpc) is 2.57. The molecule has 5 nitrogen and oxygen atoms in total. The zero-order valence-corrected chi connectivity index (χ0v) is 13.0. The van der Waals surface area contributed by atoms with Gasteiger partial charge in [0.15, 0.2) is 0 Å². The molecule has 23 heavy (non-hydrogen) atoms.